The van der Waals surface area contributed by atoms with Crippen LogP contribution in [0.4, 0.5) is 5.13 Å². The van der Waals surface area contributed by atoms with Gasteiger partial charge in [0.05, 0.1) is 23.6 Å². The molecule has 9 heteroatoms. The third-order valence-corrected chi connectivity index (χ3v) is 8.90. The number of carbonyl (C=O) groups is 2. The van der Waals surface area contributed by atoms with Crippen molar-refractivity contribution < 1.29 is 14.3 Å². The topological polar surface area (TPSA) is 74.8 Å². The van der Waals surface area contributed by atoms with E-state index >= 15 is 0 Å². The molecular formula is C25H28N4O3S2. The molecule has 0 radical (unpaired) electrons. The molecule has 2 bridgehead atoms. The number of anilines is 1. The molecule has 2 saturated heterocycles. The summed E-state index contributed by atoms with van der Waals surface area (Å²) < 4.78 is 6.72. The summed E-state index contributed by atoms with van der Waals surface area (Å²) in [6, 6.07) is 4.62. The second-order valence-electron chi connectivity index (χ2n) is 9.01. The largest absolute Gasteiger partial charge is 0.496 e. The normalized spacial score (nSPS) is 21.0. The lowest BCUT2D eigenvalue weighted by molar-refractivity contribution is -0.127. The average molecular weight is 497 g/mol. The lowest BCUT2D eigenvalue weighted by atomic mass is 10.1. The van der Waals surface area contributed by atoms with Gasteiger partial charge in [0.2, 0.25) is 11.8 Å². The van der Waals surface area contributed by atoms with Crippen molar-refractivity contribution in [3.63, 3.8) is 0 Å². The van der Waals surface area contributed by atoms with Crippen molar-refractivity contribution in [2.24, 2.45) is 5.92 Å². The molecule has 2 atom stereocenters. The van der Waals surface area contributed by atoms with E-state index in [-0.39, 0.29) is 29.8 Å². The van der Waals surface area contributed by atoms with Crippen LogP contribution in [0, 0.1) is 12.8 Å². The van der Waals surface area contributed by atoms with E-state index in [2.05, 4.69) is 41.3 Å². The summed E-state index contributed by atoms with van der Waals surface area (Å²) in [6.45, 7) is 11.6. The second-order valence-corrected chi connectivity index (χ2v) is 11.4. The van der Waals surface area contributed by atoms with E-state index in [1.807, 2.05) is 11.0 Å². The number of hydrogen-bond donors (Lipinski definition) is 1. The standard InChI is InChI=1S/C25H28N4O3S2/c1-5-22(30)29-13-17-9-18(29)12-28(17)15(3)19-10-21(14(2)8-20(19)32-4)33-23-11-26-25(34-23)27-24(31)16-6-7-16/h5,8,10-11,16-18H,1,3,6-7,9,12-13H2,2,4H3,(H,26,27,31)/t17-,18-/m0/s1. The van der Waals surface area contributed by atoms with Crippen molar-refractivity contribution in [3.05, 3.63) is 48.7 Å². The number of hydrogen-bond acceptors (Lipinski definition) is 7. The molecule has 34 heavy (non-hydrogen) atoms. The van der Waals surface area contributed by atoms with E-state index < -0.39 is 0 Å². The number of thiazole rings is 1. The van der Waals surface area contributed by atoms with Crippen LogP contribution in [0.3, 0.4) is 0 Å². The lowest BCUT2D eigenvalue weighted by Gasteiger charge is -2.36. The number of ether oxygens (including phenoxy) is 1. The van der Waals surface area contributed by atoms with Crippen LogP contribution in [0.15, 0.2) is 46.7 Å². The number of nitrogens with zero attached hydrogens (tertiary/aromatic N) is 3. The Balaban J connectivity index is 1.33. The van der Waals surface area contributed by atoms with E-state index in [0.717, 1.165) is 57.5 Å². The maximum absolute atomic E-state index is 12.1. The van der Waals surface area contributed by atoms with E-state index in [0.29, 0.717) is 11.7 Å². The zero-order valence-corrected chi connectivity index (χ0v) is 21.0. The van der Waals surface area contributed by atoms with Crippen molar-refractivity contribution in [2.75, 3.05) is 25.5 Å². The summed E-state index contributed by atoms with van der Waals surface area (Å²) in [5.74, 6) is 1.01. The molecule has 3 heterocycles. The molecule has 3 fully saturated rings. The van der Waals surface area contributed by atoms with Gasteiger partial charge in [0.1, 0.15) is 5.75 Å². The number of carbonyl (C=O) groups excluding carboxylic acids is 2. The van der Waals surface area contributed by atoms with Crippen LogP contribution in [-0.2, 0) is 9.59 Å². The number of aromatic nitrogens is 1. The minimum absolute atomic E-state index is 0.00149. The molecule has 0 unspecified atom stereocenters. The monoisotopic (exact) mass is 496 g/mol. The van der Waals surface area contributed by atoms with Crippen molar-refractivity contribution in [2.45, 2.75) is 47.4 Å². The second kappa shape index (κ2) is 9.11. The average Bonchev–Trinajstić information content (AvgIpc) is 3.28. The Morgan fingerprint density at radius 3 is 2.65 bits per heavy atom. The number of likely N-dealkylation sites (tertiary alicyclic amines) is 2. The van der Waals surface area contributed by atoms with Gasteiger partial charge in [0.25, 0.3) is 0 Å². The number of methoxy groups -OCH3 is 1. The Morgan fingerprint density at radius 2 is 2.00 bits per heavy atom. The van der Waals surface area contributed by atoms with Crippen LogP contribution < -0.4 is 10.1 Å². The third-order valence-electron chi connectivity index (χ3n) is 6.73. The SMILES string of the molecule is C=CC(=O)N1C[C@@H]2C[C@H]1CN2C(=C)c1cc(Sc2cnc(NC(=O)C3CC3)s2)c(C)cc1OC. The highest BCUT2D eigenvalue weighted by atomic mass is 32.2. The quantitative estimate of drug-likeness (QED) is 0.546. The van der Waals surface area contributed by atoms with Crippen molar-refractivity contribution in [1.29, 1.82) is 0 Å². The number of benzene rings is 1. The first-order valence-electron chi connectivity index (χ1n) is 11.4. The molecule has 2 aromatic rings. The highest BCUT2D eigenvalue weighted by Gasteiger charge is 2.45. The van der Waals surface area contributed by atoms with E-state index in [9.17, 15) is 9.59 Å². The Morgan fingerprint density at radius 1 is 1.26 bits per heavy atom. The summed E-state index contributed by atoms with van der Waals surface area (Å²) in [5, 5.41) is 3.56. The van der Waals surface area contributed by atoms with Gasteiger partial charge < -0.3 is 19.9 Å². The number of amides is 2. The van der Waals surface area contributed by atoms with E-state index in [1.165, 1.54) is 17.4 Å². The van der Waals surface area contributed by atoms with E-state index in [1.54, 1.807) is 25.1 Å². The summed E-state index contributed by atoms with van der Waals surface area (Å²) in [6.07, 6.45) is 6.09. The minimum atomic E-state index is 0.00149. The van der Waals surface area contributed by atoms with Gasteiger partial charge in [0.15, 0.2) is 5.13 Å². The van der Waals surface area contributed by atoms with Crippen LogP contribution in [0.25, 0.3) is 5.70 Å². The summed E-state index contributed by atoms with van der Waals surface area (Å²) >= 11 is 3.11. The van der Waals surface area contributed by atoms with Crippen LogP contribution in [0.2, 0.25) is 0 Å². The fraction of sp³-hybridized carbons (Fsp3) is 0.400. The molecule has 1 aromatic carbocycles. The number of nitrogens with one attached hydrogen (secondary N) is 1. The van der Waals surface area contributed by atoms with Gasteiger partial charge in [-0.3, -0.25) is 9.59 Å². The summed E-state index contributed by atoms with van der Waals surface area (Å²) in [5.41, 5.74) is 2.97. The van der Waals surface area contributed by atoms with Crippen LogP contribution >= 0.6 is 23.1 Å². The lowest BCUT2D eigenvalue weighted by Crippen LogP contribution is -2.47. The van der Waals surface area contributed by atoms with Gasteiger partial charge in [-0.2, -0.15) is 0 Å². The first-order chi connectivity index (χ1) is 16.4. The fourth-order valence-corrected chi connectivity index (χ4v) is 6.68. The first-order valence-corrected chi connectivity index (χ1v) is 13.0. The molecule has 1 aromatic heterocycles. The van der Waals surface area contributed by atoms with Gasteiger partial charge in [-0.1, -0.05) is 36.3 Å². The zero-order valence-electron chi connectivity index (χ0n) is 19.4. The van der Waals surface area contributed by atoms with Crippen LogP contribution in [0.5, 0.6) is 5.75 Å². The Labute approximate surface area is 207 Å². The van der Waals surface area contributed by atoms with Gasteiger partial charge in [-0.15, -0.1) is 0 Å². The Kier molecular flexibility index (Phi) is 6.16. The number of rotatable bonds is 8. The van der Waals surface area contributed by atoms with Crippen LogP contribution in [-0.4, -0.2) is 58.9 Å². The molecule has 1 N–H and O–H groups in total. The predicted molar refractivity (Wildman–Crippen MR) is 135 cm³/mol. The maximum Gasteiger partial charge on any atom is 0.246 e. The highest BCUT2D eigenvalue weighted by Crippen LogP contribution is 2.43. The number of fused-ring (bicyclic) bond motifs is 2. The molecule has 1 saturated carbocycles. The molecule has 5 rings (SSSR count). The van der Waals surface area contributed by atoms with Gasteiger partial charge in [-0.25, -0.2) is 4.98 Å². The maximum atomic E-state index is 12.1. The highest BCUT2D eigenvalue weighted by molar-refractivity contribution is 8.01. The fourth-order valence-electron chi connectivity index (χ4n) is 4.73. The van der Waals surface area contributed by atoms with Gasteiger partial charge >= 0.3 is 0 Å². The Bertz CT molecular complexity index is 1170. The molecule has 7 nitrogen and oxygen atoms in total. The summed E-state index contributed by atoms with van der Waals surface area (Å²) in [7, 11) is 1.68. The molecule has 2 aliphatic heterocycles. The van der Waals surface area contributed by atoms with Crippen LogP contribution in [0.1, 0.15) is 30.4 Å². The van der Waals surface area contributed by atoms with Crippen molar-refractivity contribution in [1.82, 2.24) is 14.8 Å². The third kappa shape index (κ3) is 4.34. The van der Waals surface area contributed by atoms with Crippen molar-refractivity contribution in [3.8, 4) is 5.75 Å². The Hall–Kier alpha value is -2.78. The predicted octanol–water partition coefficient (Wildman–Crippen LogP) is 4.40. The zero-order chi connectivity index (χ0) is 24.0. The molecule has 2 amide bonds. The van der Waals surface area contributed by atoms with Gasteiger partial charge in [-0.05, 0) is 50.0 Å². The van der Waals surface area contributed by atoms with E-state index in [4.69, 9.17) is 4.74 Å². The smallest absolute Gasteiger partial charge is 0.246 e. The molecule has 0 spiro atoms. The van der Waals surface area contributed by atoms with Gasteiger partial charge in [0, 0.05) is 41.2 Å². The molecule has 3 aliphatic rings. The van der Waals surface area contributed by atoms with Crippen molar-refractivity contribution >= 4 is 45.7 Å². The number of aryl methyl sites for hydroxylation is 1. The summed E-state index contributed by atoms with van der Waals surface area (Å²) in [4.78, 5) is 33.8. The minimum Gasteiger partial charge on any atom is -0.496 e. The first kappa shape index (κ1) is 23.0. The number of piperazine rings is 1. The molecule has 1 aliphatic carbocycles. The molecule has 178 valence electrons. The molecular weight excluding hydrogens is 468 g/mol.